The van der Waals surface area contributed by atoms with Crippen LogP contribution in [0, 0.1) is 0 Å². The van der Waals surface area contributed by atoms with Crippen molar-refractivity contribution >= 4 is 23.6 Å². The molecule has 0 aliphatic heterocycles. The summed E-state index contributed by atoms with van der Waals surface area (Å²) in [5.41, 5.74) is 2.35. The molecule has 226 valence electrons. The van der Waals surface area contributed by atoms with Crippen molar-refractivity contribution < 1.29 is 38.4 Å². The van der Waals surface area contributed by atoms with Crippen LogP contribution in [0.1, 0.15) is 22.8 Å². The van der Waals surface area contributed by atoms with Crippen molar-refractivity contribution in [2.45, 2.75) is 12.8 Å². The molecule has 1 aromatic heterocycles. The van der Waals surface area contributed by atoms with E-state index in [1.54, 1.807) is 42.5 Å². The van der Waals surface area contributed by atoms with Gasteiger partial charge in [0, 0.05) is 36.7 Å². The molecule has 0 bridgehead atoms. The second-order valence-corrected chi connectivity index (χ2v) is 8.93. The molecule has 0 saturated heterocycles. The molecule has 0 unspecified atom stereocenters. The minimum atomic E-state index is -0.583. The summed E-state index contributed by atoms with van der Waals surface area (Å²) < 4.78 is 26.0. The zero-order valence-electron chi connectivity index (χ0n) is 23.7. The van der Waals surface area contributed by atoms with Crippen molar-refractivity contribution in [3.63, 3.8) is 0 Å². The Bertz CT molecular complexity index is 1520. The number of ether oxygens (including phenoxy) is 5. The van der Waals surface area contributed by atoms with Gasteiger partial charge in [-0.1, -0.05) is 43.5 Å². The average Bonchev–Trinajstić information content (AvgIpc) is 3.01. The maximum Gasteiger partial charge on any atom is 0.333 e. The van der Waals surface area contributed by atoms with E-state index in [2.05, 4.69) is 28.4 Å². The minimum absolute atomic E-state index is 0.253. The van der Waals surface area contributed by atoms with E-state index in [4.69, 9.17) is 33.8 Å². The van der Waals surface area contributed by atoms with Gasteiger partial charge in [-0.2, -0.15) is 9.97 Å². The van der Waals surface area contributed by atoms with E-state index in [0.717, 1.165) is 23.3 Å². The van der Waals surface area contributed by atoms with Crippen LogP contribution in [0.5, 0.6) is 17.2 Å². The standard InChI is InChI=1S/C32H30N4O8/c1-3-30(38)43-20-41-25-11-5-8-22(14-25)16-28-34-29(17-23-9-6-12-26(15-23)42-21-44-31(39)4-2)36-32(35-28)33-24-10-7-13-27(18-24)40-19-37/h3-15,18,37H,1-2,16-17,19-21H2,(H,33,34,35,36). The third kappa shape index (κ3) is 9.96. The second kappa shape index (κ2) is 16.0. The summed E-state index contributed by atoms with van der Waals surface area (Å²) in [4.78, 5) is 36.5. The molecule has 0 spiro atoms. The Labute approximate surface area is 253 Å². The molecule has 0 atom stereocenters. The van der Waals surface area contributed by atoms with E-state index >= 15 is 0 Å². The minimum Gasteiger partial charge on any atom is -0.468 e. The molecule has 1 heterocycles. The predicted octanol–water partition coefficient (Wildman–Crippen LogP) is 4.26. The molecule has 0 radical (unpaired) electrons. The predicted molar refractivity (Wildman–Crippen MR) is 159 cm³/mol. The number of esters is 2. The van der Waals surface area contributed by atoms with Gasteiger partial charge in [0.25, 0.3) is 0 Å². The lowest BCUT2D eigenvalue weighted by atomic mass is 10.1. The molecule has 4 aromatic rings. The number of nitrogens with zero attached hydrogens (tertiary/aromatic N) is 3. The molecule has 12 nitrogen and oxygen atoms in total. The van der Waals surface area contributed by atoms with Gasteiger partial charge in [-0.05, 0) is 47.5 Å². The zero-order valence-corrected chi connectivity index (χ0v) is 23.7. The van der Waals surface area contributed by atoms with E-state index < -0.39 is 18.7 Å². The van der Waals surface area contributed by atoms with E-state index in [0.29, 0.717) is 53.4 Å². The van der Waals surface area contributed by atoms with Crippen LogP contribution < -0.4 is 19.5 Å². The summed E-state index contributed by atoms with van der Waals surface area (Å²) in [5.74, 6) is 1.59. The van der Waals surface area contributed by atoms with Gasteiger partial charge in [0.2, 0.25) is 19.5 Å². The summed E-state index contributed by atoms with van der Waals surface area (Å²) in [6.45, 7) is 5.75. The number of carbonyl (C=O) groups excluding carboxylic acids is 2. The Morgan fingerprint density at radius 2 is 1.20 bits per heavy atom. The highest BCUT2D eigenvalue weighted by atomic mass is 16.7. The number of rotatable bonds is 16. The van der Waals surface area contributed by atoms with Crippen LogP contribution in [0.15, 0.2) is 98.1 Å². The number of aliphatic hydroxyl groups excluding tert-OH is 1. The van der Waals surface area contributed by atoms with Gasteiger partial charge in [-0.15, -0.1) is 0 Å². The largest absolute Gasteiger partial charge is 0.468 e. The first-order chi connectivity index (χ1) is 21.4. The lowest BCUT2D eigenvalue weighted by molar-refractivity contribution is -0.145. The quantitative estimate of drug-likeness (QED) is 0.108. The number of anilines is 2. The van der Waals surface area contributed by atoms with Crippen LogP contribution >= 0.6 is 0 Å². The lowest BCUT2D eigenvalue weighted by Gasteiger charge is -2.12. The van der Waals surface area contributed by atoms with Gasteiger partial charge < -0.3 is 34.1 Å². The van der Waals surface area contributed by atoms with Gasteiger partial charge in [0.15, 0.2) is 6.79 Å². The summed E-state index contributed by atoms with van der Waals surface area (Å²) in [6, 6.07) is 21.5. The van der Waals surface area contributed by atoms with E-state index in [1.165, 1.54) is 0 Å². The average molecular weight is 599 g/mol. The molecular formula is C32H30N4O8. The number of benzene rings is 3. The Morgan fingerprint density at radius 1 is 0.705 bits per heavy atom. The maximum absolute atomic E-state index is 11.3. The van der Waals surface area contributed by atoms with Crippen molar-refractivity contribution in [2.24, 2.45) is 0 Å². The molecule has 12 heteroatoms. The molecule has 3 aromatic carbocycles. The monoisotopic (exact) mass is 598 g/mol. The van der Waals surface area contributed by atoms with Gasteiger partial charge >= 0.3 is 11.9 Å². The molecule has 2 N–H and O–H groups in total. The van der Waals surface area contributed by atoms with Crippen LogP contribution in [0.25, 0.3) is 0 Å². The highest BCUT2D eigenvalue weighted by Crippen LogP contribution is 2.22. The van der Waals surface area contributed by atoms with Gasteiger partial charge in [0.1, 0.15) is 28.9 Å². The van der Waals surface area contributed by atoms with E-state index in [9.17, 15) is 9.59 Å². The van der Waals surface area contributed by atoms with Crippen LogP contribution in [-0.2, 0) is 31.9 Å². The summed E-state index contributed by atoms with van der Waals surface area (Å²) in [5, 5.41) is 12.3. The molecule has 44 heavy (non-hydrogen) atoms. The molecule has 0 fully saturated rings. The van der Waals surface area contributed by atoms with E-state index in [1.807, 2.05) is 30.3 Å². The molecule has 0 saturated carbocycles. The summed E-state index contributed by atoms with van der Waals surface area (Å²) >= 11 is 0. The third-order valence-corrected chi connectivity index (χ3v) is 5.76. The van der Waals surface area contributed by atoms with Crippen molar-refractivity contribution in [3.05, 3.63) is 121 Å². The van der Waals surface area contributed by atoms with Gasteiger partial charge in [0.05, 0.1) is 0 Å². The van der Waals surface area contributed by atoms with Crippen molar-refractivity contribution in [3.8, 4) is 17.2 Å². The Morgan fingerprint density at radius 3 is 1.70 bits per heavy atom. The first-order valence-corrected chi connectivity index (χ1v) is 13.3. The van der Waals surface area contributed by atoms with Crippen molar-refractivity contribution in [2.75, 3.05) is 25.7 Å². The molecular weight excluding hydrogens is 568 g/mol. The van der Waals surface area contributed by atoms with Crippen LogP contribution in [0.4, 0.5) is 11.6 Å². The number of aliphatic hydroxyl groups is 1. The van der Waals surface area contributed by atoms with E-state index in [-0.39, 0.29) is 13.6 Å². The Kier molecular flexibility index (Phi) is 11.4. The number of nitrogens with one attached hydrogen (secondary N) is 1. The Hall–Kier alpha value is -5.75. The van der Waals surface area contributed by atoms with Gasteiger partial charge in [-0.3, -0.25) is 0 Å². The smallest absolute Gasteiger partial charge is 0.333 e. The SMILES string of the molecule is C=CC(=O)OCOc1cccc(Cc2nc(Cc3cccc(OCOC(=O)C=C)c3)nc(Nc3cccc(OCO)c3)n2)c1. The first-order valence-electron chi connectivity index (χ1n) is 13.3. The summed E-state index contributed by atoms with van der Waals surface area (Å²) in [7, 11) is 0. The number of carbonyl (C=O) groups is 2. The van der Waals surface area contributed by atoms with Crippen LogP contribution in [0.3, 0.4) is 0 Å². The maximum atomic E-state index is 11.3. The number of aromatic nitrogens is 3. The topological polar surface area (TPSA) is 151 Å². The third-order valence-electron chi connectivity index (χ3n) is 5.76. The highest BCUT2D eigenvalue weighted by Gasteiger charge is 2.11. The molecule has 0 amide bonds. The number of hydrogen-bond acceptors (Lipinski definition) is 12. The fourth-order valence-electron chi connectivity index (χ4n) is 3.83. The van der Waals surface area contributed by atoms with Gasteiger partial charge in [-0.25, -0.2) is 14.6 Å². The molecule has 0 aliphatic rings. The van der Waals surface area contributed by atoms with Crippen LogP contribution in [-0.4, -0.2) is 52.4 Å². The Balaban J connectivity index is 1.56. The van der Waals surface area contributed by atoms with Crippen molar-refractivity contribution in [1.82, 2.24) is 15.0 Å². The normalized spacial score (nSPS) is 10.3. The fraction of sp³-hybridized carbons (Fsp3) is 0.156. The number of hydrogen-bond donors (Lipinski definition) is 2. The summed E-state index contributed by atoms with van der Waals surface area (Å²) in [6.07, 6.45) is 2.81. The molecule has 4 rings (SSSR count). The fourth-order valence-corrected chi connectivity index (χ4v) is 3.83. The highest BCUT2D eigenvalue weighted by molar-refractivity contribution is 5.81. The zero-order chi connectivity index (χ0) is 31.1. The lowest BCUT2D eigenvalue weighted by Crippen LogP contribution is -2.10. The second-order valence-electron chi connectivity index (χ2n) is 8.93. The first kappa shape index (κ1) is 31.2. The molecule has 0 aliphatic carbocycles. The van der Waals surface area contributed by atoms with Crippen molar-refractivity contribution in [1.29, 1.82) is 0 Å². The van der Waals surface area contributed by atoms with Crippen LogP contribution in [0.2, 0.25) is 0 Å².